The Morgan fingerprint density at radius 1 is 1.04 bits per heavy atom. The average Bonchev–Trinajstić information content (AvgIpc) is 3.24. The van der Waals surface area contributed by atoms with Crippen LogP contribution in [0.1, 0.15) is 72.6 Å². The van der Waals surface area contributed by atoms with E-state index >= 15 is 0 Å². The van der Waals surface area contributed by atoms with Gasteiger partial charge in [0.1, 0.15) is 0 Å². The minimum Gasteiger partial charge on any atom is -0.309 e. The van der Waals surface area contributed by atoms with E-state index in [1.165, 1.54) is 19.1 Å². The van der Waals surface area contributed by atoms with Crippen molar-refractivity contribution in [3.8, 4) is 0 Å². The van der Waals surface area contributed by atoms with Crippen molar-refractivity contribution in [1.82, 2.24) is 4.90 Å². The highest BCUT2D eigenvalue weighted by atomic mass is 31.2. The second kappa shape index (κ2) is 8.73. The van der Waals surface area contributed by atoms with Crippen LogP contribution in [0.15, 0.2) is 35.3 Å². The molecule has 3 rings (SSSR count). The number of fused-ring (bicyclic) bond motifs is 1. The topological polar surface area (TPSA) is 72.9 Å². The molecule has 0 spiro atoms. The Labute approximate surface area is 166 Å². The molecule has 0 unspecified atom stereocenters. The van der Waals surface area contributed by atoms with Crippen LogP contribution in [-0.4, -0.2) is 30.9 Å². The number of carbonyl (C=O) groups excluding carboxylic acids is 2. The van der Waals surface area contributed by atoms with Gasteiger partial charge in [0.15, 0.2) is 0 Å². The van der Waals surface area contributed by atoms with Crippen LogP contribution >= 0.6 is 7.60 Å². The van der Waals surface area contributed by atoms with Crippen LogP contribution in [0.25, 0.3) is 0 Å². The molecule has 2 amide bonds. The minimum atomic E-state index is -3.56. The summed E-state index contributed by atoms with van der Waals surface area (Å²) < 4.78 is 23.9. The Morgan fingerprint density at radius 2 is 1.64 bits per heavy atom. The van der Waals surface area contributed by atoms with Crippen molar-refractivity contribution in [2.24, 2.45) is 5.92 Å². The Balaban J connectivity index is 1.99. The van der Waals surface area contributed by atoms with E-state index in [1.54, 1.807) is 24.3 Å². The maximum absolute atomic E-state index is 13.4. The zero-order chi connectivity index (χ0) is 20.3. The summed E-state index contributed by atoms with van der Waals surface area (Å²) in [6.45, 7) is 2.16. The van der Waals surface area contributed by atoms with Crippen LogP contribution in [0.5, 0.6) is 0 Å². The molecule has 2 aliphatic rings. The molecule has 1 heterocycles. The van der Waals surface area contributed by atoms with Gasteiger partial charge < -0.3 is 9.05 Å². The summed E-state index contributed by atoms with van der Waals surface area (Å²) in [4.78, 5) is 27.1. The Morgan fingerprint density at radius 3 is 2.18 bits per heavy atom. The predicted molar refractivity (Wildman–Crippen MR) is 107 cm³/mol. The lowest BCUT2D eigenvalue weighted by molar-refractivity contribution is 0.0700. The molecule has 6 nitrogen and oxygen atoms in total. The van der Waals surface area contributed by atoms with E-state index in [9.17, 15) is 14.2 Å². The number of amides is 2. The molecule has 1 aliphatic carbocycles. The largest absolute Gasteiger partial charge is 0.358 e. The summed E-state index contributed by atoms with van der Waals surface area (Å²) in [5, 5.41) is 0.503. The number of rotatable bonds is 9. The molecule has 0 radical (unpaired) electrons. The maximum atomic E-state index is 13.4. The summed E-state index contributed by atoms with van der Waals surface area (Å²) in [5.74, 6) is -0.737. The third kappa shape index (κ3) is 3.61. The lowest BCUT2D eigenvalue weighted by Crippen LogP contribution is -2.29. The SMILES string of the molecule is CCCCCC[C@@H]1CCC(N2C(=O)c3ccccc3C2=O)=C1P(=O)(OC)OC. The monoisotopic (exact) mass is 405 g/mol. The van der Waals surface area contributed by atoms with Gasteiger partial charge in [-0.05, 0) is 37.3 Å². The molecule has 0 fully saturated rings. The first-order valence-corrected chi connectivity index (χ1v) is 11.5. The lowest BCUT2D eigenvalue weighted by atomic mass is 10.0. The summed E-state index contributed by atoms with van der Waals surface area (Å²) in [6.07, 6.45) is 6.50. The normalized spacial score (nSPS) is 19.7. The lowest BCUT2D eigenvalue weighted by Gasteiger charge is -2.24. The first kappa shape index (κ1) is 21.0. The van der Waals surface area contributed by atoms with E-state index in [2.05, 4.69) is 6.92 Å². The van der Waals surface area contributed by atoms with Gasteiger partial charge in [0.05, 0.1) is 16.4 Å². The van der Waals surface area contributed by atoms with E-state index < -0.39 is 7.60 Å². The van der Waals surface area contributed by atoms with E-state index in [0.29, 0.717) is 28.6 Å². The molecule has 1 aromatic rings. The zero-order valence-corrected chi connectivity index (χ0v) is 17.7. The maximum Gasteiger partial charge on any atom is 0.358 e. The van der Waals surface area contributed by atoms with E-state index in [4.69, 9.17) is 9.05 Å². The predicted octanol–water partition coefficient (Wildman–Crippen LogP) is 5.36. The van der Waals surface area contributed by atoms with Gasteiger partial charge in [-0.3, -0.25) is 14.2 Å². The number of carbonyl (C=O) groups is 2. The minimum absolute atomic E-state index is 0.0121. The van der Waals surface area contributed by atoms with Crippen molar-refractivity contribution in [1.29, 1.82) is 0 Å². The summed E-state index contributed by atoms with van der Waals surface area (Å²) in [5.41, 5.74) is 1.27. The quantitative estimate of drug-likeness (QED) is 0.314. The first-order chi connectivity index (χ1) is 13.5. The number of allylic oxidation sites excluding steroid dienone is 2. The van der Waals surface area contributed by atoms with Crippen LogP contribution < -0.4 is 0 Å². The van der Waals surface area contributed by atoms with E-state index in [0.717, 1.165) is 38.5 Å². The third-order valence-corrected chi connectivity index (χ3v) is 7.83. The molecule has 0 N–H and O–H groups in total. The number of imide groups is 1. The molecule has 152 valence electrons. The molecule has 0 aromatic heterocycles. The Bertz CT molecular complexity index is 804. The number of benzene rings is 1. The molecular formula is C21H28NO5P. The fourth-order valence-corrected chi connectivity index (χ4v) is 6.00. The number of unbranched alkanes of at least 4 members (excludes halogenated alkanes) is 3. The molecular weight excluding hydrogens is 377 g/mol. The van der Waals surface area contributed by atoms with Crippen molar-refractivity contribution in [3.63, 3.8) is 0 Å². The summed E-state index contributed by atoms with van der Waals surface area (Å²) >= 11 is 0. The van der Waals surface area contributed by atoms with Crippen molar-refractivity contribution in [2.45, 2.75) is 51.9 Å². The van der Waals surface area contributed by atoms with Crippen LogP contribution in [0.4, 0.5) is 0 Å². The molecule has 7 heteroatoms. The van der Waals surface area contributed by atoms with Crippen molar-refractivity contribution in [3.05, 3.63) is 46.4 Å². The number of hydrogen-bond donors (Lipinski definition) is 0. The van der Waals surface area contributed by atoms with Gasteiger partial charge >= 0.3 is 7.60 Å². The standard InChI is InChI=1S/C21H28NO5P/c1-4-5-6-7-10-15-13-14-18(19(15)28(25,26-2)27-3)22-20(23)16-11-8-9-12-17(16)21(22)24/h8-9,11-12,15H,4-7,10,13-14H2,1-3H3/t15-/m1/s1. The highest BCUT2D eigenvalue weighted by Crippen LogP contribution is 2.63. The van der Waals surface area contributed by atoms with Crippen LogP contribution in [0.2, 0.25) is 0 Å². The van der Waals surface area contributed by atoms with Crippen molar-refractivity contribution in [2.75, 3.05) is 14.2 Å². The molecule has 1 aromatic carbocycles. The molecule has 0 saturated carbocycles. The van der Waals surface area contributed by atoms with Gasteiger partial charge in [0.2, 0.25) is 0 Å². The average molecular weight is 405 g/mol. The highest BCUT2D eigenvalue weighted by Gasteiger charge is 2.46. The second-order valence-electron chi connectivity index (χ2n) is 7.27. The number of hydrogen-bond acceptors (Lipinski definition) is 5. The molecule has 1 aliphatic heterocycles. The fourth-order valence-electron chi connectivity index (χ4n) is 4.22. The van der Waals surface area contributed by atoms with Gasteiger partial charge in [-0.1, -0.05) is 44.7 Å². The number of nitrogens with zero attached hydrogens (tertiary/aromatic N) is 1. The molecule has 0 saturated heterocycles. The van der Waals surface area contributed by atoms with E-state index in [-0.39, 0.29) is 17.7 Å². The summed E-state index contributed by atoms with van der Waals surface area (Å²) in [6, 6.07) is 6.78. The Kier molecular flexibility index (Phi) is 6.54. The van der Waals surface area contributed by atoms with Gasteiger partial charge in [0, 0.05) is 19.9 Å². The second-order valence-corrected chi connectivity index (χ2v) is 9.48. The van der Waals surface area contributed by atoms with Crippen LogP contribution in [-0.2, 0) is 13.6 Å². The van der Waals surface area contributed by atoms with E-state index in [1.807, 2.05) is 0 Å². The summed E-state index contributed by atoms with van der Waals surface area (Å²) in [7, 11) is -0.862. The first-order valence-electron chi connectivity index (χ1n) is 9.91. The third-order valence-electron chi connectivity index (χ3n) is 5.66. The smallest absolute Gasteiger partial charge is 0.309 e. The zero-order valence-electron chi connectivity index (χ0n) is 16.8. The highest BCUT2D eigenvalue weighted by molar-refractivity contribution is 7.58. The van der Waals surface area contributed by atoms with Crippen LogP contribution in [0, 0.1) is 5.92 Å². The van der Waals surface area contributed by atoms with Gasteiger partial charge in [-0.25, -0.2) is 4.90 Å². The van der Waals surface area contributed by atoms with Crippen LogP contribution in [0.3, 0.4) is 0 Å². The van der Waals surface area contributed by atoms with Crippen molar-refractivity contribution < 1.29 is 23.2 Å². The van der Waals surface area contributed by atoms with Gasteiger partial charge in [-0.15, -0.1) is 0 Å². The van der Waals surface area contributed by atoms with Gasteiger partial charge in [-0.2, -0.15) is 0 Å². The molecule has 1 atom stereocenters. The molecule has 28 heavy (non-hydrogen) atoms. The van der Waals surface area contributed by atoms with Gasteiger partial charge in [0.25, 0.3) is 11.8 Å². The fraction of sp³-hybridized carbons (Fsp3) is 0.524. The Hall–Kier alpha value is -1.75. The molecule has 0 bridgehead atoms. The van der Waals surface area contributed by atoms with Crippen molar-refractivity contribution >= 4 is 19.4 Å².